The molecule has 0 aliphatic carbocycles. The number of nitro benzene ring substituents is 1. The van der Waals surface area contributed by atoms with Gasteiger partial charge in [-0.3, -0.25) is 10.1 Å². The van der Waals surface area contributed by atoms with Gasteiger partial charge in [-0.2, -0.15) is 0 Å². The average Bonchev–Trinajstić information content (AvgIpc) is 2.27. The van der Waals surface area contributed by atoms with E-state index in [4.69, 9.17) is 11.6 Å². The minimum Gasteiger partial charge on any atom is -0.258 e. The van der Waals surface area contributed by atoms with Crippen LogP contribution in [0.1, 0.15) is 6.92 Å². The summed E-state index contributed by atoms with van der Waals surface area (Å²) in [6.07, 6.45) is 0. The van der Waals surface area contributed by atoms with E-state index in [1.165, 1.54) is 6.92 Å². The minimum atomic E-state index is -4.00. The molecule has 0 heterocycles. The number of hydrogen-bond acceptors (Lipinski definition) is 4. The molecule has 0 aliphatic rings. The number of alkyl halides is 1. The first-order chi connectivity index (χ1) is 7.80. The van der Waals surface area contributed by atoms with Crippen LogP contribution in [0.4, 0.5) is 10.1 Å². The summed E-state index contributed by atoms with van der Waals surface area (Å²) < 4.78 is 36.8. The molecule has 0 fully saturated rings. The number of hydrogen-bond donors (Lipinski definition) is 0. The Morgan fingerprint density at radius 1 is 1.53 bits per heavy atom. The Balaban J connectivity index is 3.49. The van der Waals surface area contributed by atoms with Crippen LogP contribution in [0.3, 0.4) is 0 Å². The second kappa shape index (κ2) is 4.97. The summed E-state index contributed by atoms with van der Waals surface area (Å²) in [5, 5.41) is 9.65. The Bertz CT molecular complexity index is 546. The maximum atomic E-state index is 13.0. The molecule has 1 aromatic carbocycles. The van der Waals surface area contributed by atoms with Crippen molar-refractivity contribution in [3.63, 3.8) is 0 Å². The lowest BCUT2D eigenvalue weighted by atomic mass is 10.3. The number of halogens is 2. The van der Waals surface area contributed by atoms with Crippen molar-refractivity contribution in [3.05, 3.63) is 34.1 Å². The van der Waals surface area contributed by atoms with Crippen molar-refractivity contribution in [2.24, 2.45) is 0 Å². The van der Waals surface area contributed by atoms with E-state index in [0.717, 1.165) is 12.1 Å². The van der Waals surface area contributed by atoms with Gasteiger partial charge in [-0.15, -0.1) is 11.6 Å². The van der Waals surface area contributed by atoms with E-state index in [9.17, 15) is 22.9 Å². The highest BCUT2D eigenvalue weighted by Gasteiger charge is 2.30. The standard InChI is InChI=1S/C9H9ClFNO4S/c1-6(5-10)17(15,16)9-4-7(11)2-3-8(9)12(13)14/h2-4,6H,5H2,1H3. The first-order valence-electron chi connectivity index (χ1n) is 4.54. The van der Waals surface area contributed by atoms with Gasteiger partial charge < -0.3 is 0 Å². The Morgan fingerprint density at radius 3 is 2.59 bits per heavy atom. The predicted octanol–water partition coefficient (Wildman–Crippen LogP) is 2.13. The molecule has 1 rings (SSSR count). The lowest BCUT2D eigenvalue weighted by Gasteiger charge is -2.09. The molecule has 0 saturated carbocycles. The Kier molecular flexibility index (Phi) is 4.05. The van der Waals surface area contributed by atoms with Gasteiger partial charge in [-0.25, -0.2) is 12.8 Å². The molecule has 8 heteroatoms. The molecule has 0 spiro atoms. The van der Waals surface area contributed by atoms with E-state index in [2.05, 4.69) is 0 Å². The van der Waals surface area contributed by atoms with Crippen molar-refractivity contribution in [3.8, 4) is 0 Å². The second-order valence-corrected chi connectivity index (χ2v) is 6.02. The number of nitrogens with zero attached hydrogens (tertiary/aromatic N) is 1. The summed E-state index contributed by atoms with van der Waals surface area (Å²) >= 11 is 5.42. The maximum Gasteiger partial charge on any atom is 0.288 e. The van der Waals surface area contributed by atoms with Crippen LogP contribution in [0.15, 0.2) is 23.1 Å². The largest absolute Gasteiger partial charge is 0.288 e. The van der Waals surface area contributed by atoms with Crippen LogP contribution in [0.2, 0.25) is 0 Å². The fraction of sp³-hybridized carbons (Fsp3) is 0.333. The first kappa shape index (κ1) is 13.9. The van der Waals surface area contributed by atoms with Crippen molar-refractivity contribution in [1.29, 1.82) is 0 Å². The summed E-state index contributed by atoms with van der Waals surface area (Å²) in [7, 11) is -4.00. The van der Waals surface area contributed by atoms with Gasteiger partial charge in [0.05, 0.1) is 10.2 Å². The molecular formula is C9H9ClFNO4S. The lowest BCUT2D eigenvalue weighted by molar-refractivity contribution is -0.387. The monoisotopic (exact) mass is 281 g/mol. The van der Waals surface area contributed by atoms with Gasteiger partial charge in [0.2, 0.25) is 0 Å². The van der Waals surface area contributed by atoms with Gasteiger partial charge in [-0.1, -0.05) is 0 Å². The zero-order valence-corrected chi connectivity index (χ0v) is 10.3. The van der Waals surface area contributed by atoms with Gasteiger partial charge >= 0.3 is 0 Å². The number of sulfone groups is 1. The normalized spacial score (nSPS) is 13.4. The molecule has 0 saturated heterocycles. The third-order valence-corrected chi connectivity index (χ3v) is 4.98. The van der Waals surface area contributed by atoms with Crippen LogP contribution in [0.5, 0.6) is 0 Å². The van der Waals surface area contributed by atoms with E-state index in [0.29, 0.717) is 6.07 Å². The predicted molar refractivity (Wildman–Crippen MR) is 60.4 cm³/mol. The van der Waals surface area contributed by atoms with Gasteiger partial charge in [0.25, 0.3) is 5.69 Å². The van der Waals surface area contributed by atoms with Crippen molar-refractivity contribution >= 4 is 27.1 Å². The summed E-state index contributed by atoms with van der Waals surface area (Å²) in [5.41, 5.74) is -0.650. The van der Waals surface area contributed by atoms with Crippen molar-refractivity contribution < 1.29 is 17.7 Å². The number of benzene rings is 1. The molecule has 1 atom stereocenters. The summed E-state index contributed by atoms with van der Waals surface area (Å²) in [6, 6.07) is 2.29. The Labute approximate surface area is 102 Å². The highest BCUT2D eigenvalue weighted by molar-refractivity contribution is 7.92. The van der Waals surface area contributed by atoms with Crippen molar-refractivity contribution in [2.75, 3.05) is 5.88 Å². The summed E-state index contributed by atoms with van der Waals surface area (Å²) in [5.74, 6) is -1.08. The quantitative estimate of drug-likeness (QED) is 0.481. The maximum absolute atomic E-state index is 13.0. The van der Waals surface area contributed by atoms with E-state index in [1.54, 1.807) is 0 Å². The topological polar surface area (TPSA) is 77.3 Å². The van der Waals surface area contributed by atoms with Gasteiger partial charge in [0, 0.05) is 11.9 Å². The lowest BCUT2D eigenvalue weighted by Crippen LogP contribution is -2.20. The Hall–Kier alpha value is -1.21. The number of rotatable bonds is 4. The molecule has 17 heavy (non-hydrogen) atoms. The third-order valence-electron chi connectivity index (χ3n) is 2.17. The third kappa shape index (κ3) is 2.73. The van der Waals surface area contributed by atoms with Crippen LogP contribution >= 0.6 is 11.6 Å². The van der Waals surface area contributed by atoms with Crippen LogP contribution < -0.4 is 0 Å². The van der Waals surface area contributed by atoms with Gasteiger partial charge in [0.15, 0.2) is 9.84 Å². The zero-order valence-electron chi connectivity index (χ0n) is 8.76. The Morgan fingerprint density at radius 2 is 2.12 bits per heavy atom. The van der Waals surface area contributed by atoms with Crippen LogP contribution in [-0.2, 0) is 9.84 Å². The van der Waals surface area contributed by atoms with E-state index < -0.39 is 36.4 Å². The fourth-order valence-electron chi connectivity index (χ4n) is 1.17. The molecule has 0 radical (unpaired) electrons. The zero-order chi connectivity index (χ0) is 13.2. The average molecular weight is 282 g/mol. The summed E-state index contributed by atoms with van der Waals surface area (Å²) in [4.78, 5) is 9.17. The molecule has 0 amide bonds. The van der Waals surface area contributed by atoms with Crippen LogP contribution in [0, 0.1) is 15.9 Å². The molecule has 94 valence electrons. The van der Waals surface area contributed by atoms with E-state index in [1.807, 2.05) is 0 Å². The molecule has 5 nitrogen and oxygen atoms in total. The van der Waals surface area contributed by atoms with Crippen LogP contribution in [0.25, 0.3) is 0 Å². The fourth-order valence-corrected chi connectivity index (χ4v) is 2.97. The highest BCUT2D eigenvalue weighted by Crippen LogP contribution is 2.28. The smallest absolute Gasteiger partial charge is 0.258 e. The molecule has 0 N–H and O–H groups in total. The van der Waals surface area contributed by atoms with Crippen molar-refractivity contribution in [2.45, 2.75) is 17.1 Å². The van der Waals surface area contributed by atoms with E-state index in [-0.39, 0.29) is 5.88 Å². The van der Waals surface area contributed by atoms with Gasteiger partial charge in [0.1, 0.15) is 10.7 Å². The molecular weight excluding hydrogens is 273 g/mol. The molecule has 0 aliphatic heterocycles. The van der Waals surface area contributed by atoms with Crippen molar-refractivity contribution in [1.82, 2.24) is 0 Å². The van der Waals surface area contributed by atoms with Crippen LogP contribution in [-0.4, -0.2) is 24.5 Å². The van der Waals surface area contributed by atoms with E-state index >= 15 is 0 Å². The van der Waals surface area contributed by atoms with Gasteiger partial charge in [-0.05, 0) is 19.1 Å². The molecule has 1 unspecified atom stereocenters. The summed E-state index contributed by atoms with van der Waals surface area (Å²) in [6.45, 7) is 1.30. The molecule has 1 aromatic rings. The molecule has 0 bridgehead atoms. The minimum absolute atomic E-state index is 0.226. The highest BCUT2D eigenvalue weighted by atomic mass is 35.5. The molecule has 0 aromatic heterocycles. The second-order valence-electron chi connectivity index (χ2n) is 3.38. The SMILES string of the molecule is CC(CCl)S(=O)(=O)c1cc(F)ccc1[N+](=O)[O-]. The first-order valence-corrected chi connectivity index (χ1v) is 6.62. The number of nitro groups is 1.